The van der Waals surface area contributed by atoms with E-state index in [1.54, 1.807) is 6.20 Å². The molecule has 1 unspecified atom stereocenters. The van der Waals surface area contributed by atoms with Crippen molar-refractivity contribution < 1.29 is 0 Å². The van der Waals surface area contributed by atoms with Crippen LogP contribution in [0.2, 0.25) is 0 Å². The molecule has 0 amide bonds. The van der Waals surface area contributed by atoms with Gasteiger partial charge in [-0.3, -0.25) is 0 Å². The number of rotatable bonds is 1. The summed E-state index contributed by atoms with van der Waals surface area (Å²) in [5.74, 6) is 1.85. The van der Waals surface area contributed by atoms with Crippen LogP contribution in [0.25, 0.3) is 0 Å². The second-order valence-electron chi connectivity index (χ2n) is 4.04. The minimum absolute atomic E-state index is 0.255. The topological polar surface area (TPSA) is 52.8 Å². The quantitative estimate of drug-likeness (QED) is 0.693. The molecule has 78 valence electrons. The summed E-state index contributed by atoms with van der Waals surface area (Å²) in [5, 5.41) is 8.72. The van der Waals surface area contributed by atoms with E-state index >= 15 is 0 Å². The number of nitriles is 1. The van der Waals surface area contributed by atoms with Gasteiger partial charge in [-0.15, -0.1) is 0 Å². The zero-order valence-electron chi connectivity index (χ0n) is 8.85. The summed E-state index contributed by atoms with van der Waals surface area (Å²) in [5.41, 5.74) is 0. The minimum atomic E-state index is 0.255. The van der Waals surface area contributed by atoms with Crippen molar-refractivity contribution in [3.05, 3.63) is 18.1 Å². The van der Waals surface area contributed by atoms with Crippen LogP contribution < -0.4 is 4.90 Å². The highest BCUT2D eigenvalue weighted by molar-refractivity contribution is 5.39. The Morgan fingerprint density at radius 2 is 2.47 bits per heavy atom. The van der Waals surface area contributed by atoms with Gasteiger partial charge in [0.05, 0.1) is 0 Å². The van der Waals surface area contributed by atoms with E-state index in [9.17, 15) is 0 Å². The molecule has 0 saturated carbocycles. The van der Waals surface area contributed by atoms with Crippen molar-refractivity contribution in [1.29, 1.82) is 5.26 Å². The lowest BCUT2D eigenvalue weighted by atomic mass is 10.0. The first-order valence-corrected chi connectivity index (χ1v) is 5.27. The van der Waals surface area contributed by atoms with Crippen LogP contribution >= 0.6 is 0 Å². The third-order valence-corrected chi connectivity index (χ3v) is 2.72. The van der Waals surface area contributed by atoms with Crippen molar-refractivity contribution in [2.45, 2.75) is 19.8 Å². The highest BCUT2D eigenvalue weighted by Gasteiger charge is 2.17. The Bertz CT molecular complexity index is 382. The molecule has 2 rings (SSSR count). The lowest BCUT2D eigenvalue weighted by Crippen LogP contribution is -2.34. The first-order chi connectivity index (χ1) is 7.29. The fourth-order valence-electron chi connectivity index (χ4n) is 1.98. The fraction of sp³-hybridized carbons (Fsp3) is 0.545. The van der Waals surface area contributed by atoms with Crippen molar-refractivity contribution in [3.8, 4) is 6.07 Å². The fourth-order valence-corrected chi connectivity index (χ4v) is 1.98. The van der Waals surface area contributed by atoms with E-state index in [4.69, 9.17) is 5.26 Å². The number of hydrogen-bond acceptors (Lipinski definition) is 4. The van der Waals surface area contributed by atoms with Crippen molar-refractivity contribution in [3.63, 3.8) is 0 Å². The molecule has 15 heavy (non-hydrogen) atoms. The van der Waals surface area contributed by atoms with Crippen molar-refractivity contribution in [2.75, 3.05) is 18.0 Å². The van der Waals surface area contributed by atoms with Crippen LogP contribution in [0.15, 0.2) is 12.3 Å². The summed E-state index contributed by atoms with van der Waals surface area (Å²) < 4.78 is 0. The molecule has 0 bridgehead atoms. The summed E-state index contributed by atoms with van der Waals surface area (Å²) >= 11 is 0. The monoisotopic (exact) mass is 202 g/mol. The van der Waals surface area contributed by atoms with Crippen molar-refractivity contribution >= 4 is 5.82 Å². The van der Waals surface area contributed by atoms with Gasteiger partial charge >= 0.3 is 0 Å². The largest absolute Gasteiger partial charge is 0.356 e. The zero-order valence-corrected chi connectivity index (χ0v) is 8.85. The third-order valence-electron chi connectivity index (χ3n) is 2.72. The van der Waals surface area contributed by atoms with Gasteiger partial charge in [-0.05, 0) is 24.8 Å². The lowest BCUT2D eigenvalue weighted by molar-refractivity contribution is 0.444. The van der Waals surface area contributed by atoms with E-state index in [0.29, 0.717) is 5.92 Å². The molecule has 1 aromatic heterocycles. The van der Waals surface area contributed by atoms with E-state index < -0.39 is 0 Å². The number of aromatic nitrogens is 2. The van der Waals surface area contributed by atoms with Crippen LogP contribution in [0.4, 0.5) is 5.82 Å². The second-order valence-corrected chi connectivity index (χ2v) is 4.04. The number of nitrogens with zero attached hydrogens (tertiary/aromatic N) is 4. The average molecular weight is 202 g/mol. The number of hydrogen-bond donors (Lipinski definition) is 0. The Kier molecular flexibility index (Phi) is 2.82. The molecule has 1 saturated heterocycles. The van der Waals surface area contributed by atoms with Crippen LogP contribution in [-0.2, 0) is 0 Å². The number of piperidine rings is 1. The van der Waals surface area contributed by atoms with E-state index in [2.05, 4.69) is 21.8 Å². The van der Waals surface area contributed by atoms with Gasteiger partial charge < -0.3 is 4.90 Å². The molecule has 0 N–H and O–H groups in total. The molecule has 4 nitrogen and oxygen atoms in total. The summed E-state index contributed by atoms with van der Waals surface area (Å²) in [6, 6.07) is 3.84. The smallest absolute Gasteiger partial charge is 0.234 e. The molecule has 1 atom stereocenters. The maximum atomic E-state index is 8.72. The summed E-state index contributed by atoms with van der Waals surface area (Å²) in [6.07, 6.45) is 4.14. The first kappa shape index (κ1) is 9.91. The average Bonchev–Trinajstić information content (AvgIpc) is 2.29. The molecule has 2 heterocycles. The van der Waals surface area contributed by atoms with Gasteiger partial charge in [0.25, 0.3) is 0 Å². The highest BCUT2D eigenvalue weighted by atomic mass is 15.2. The van der Waals surface area contributed by atoms with Gasteiger partial charge in [-0.2, -0.15) is 5.26 Å². The predicted octanol–water partition coefficient (Wildman–Crippen LogP) is 1.58. The Balaban J connectivity index is 2.18. The SMILES string of the molecule is CC1CCCN(c2ccnc(C#N)n2)C1. The minimum Gasteiger partial charge on any atom is -0.356 e. The van der Waals surface area contributed by atoms with Crippen molar-refractivity contribution in [2.24, 2.45) is 5.92 Å². The normalized spacial score (nSPS) is 21.1. The lowest BCUT2D eigenvalue weighted by Gasteiger charge is -2.31. The molecule has 0 aliphatic carbocycles. The number of anilines is 1. The Hall–Kier alpha value is -1.63. The third kappa shape index (κ3) is 2.24. The molecule has 1 aromatic rings. The Morgan fingerprint density at radius 1 is 1.60 bits per heavy atom. The van der Waals surface area contributed by atoms with Crippen LogP contribution in [-0.4, -0.2) is 23.1 Å². The van der Waals surface area contributed by atoms with Gasteiger partial charge in [0, 0.05) is 19.3 Å². The maximum Gasteiger partial charge on any atom is 0.234 e. The first-order valence-electron chi connectivity index (χ1n) is 5.27. The van der Waals surface area contributed by atoms with E-state index in [0.717, 1.165) is 18.9 Å². The van der Waals surface area contributed by atoms with Crippen LogP contribution in [0.3, 0.4) is 0 Å². The zero-order chi connectivity index (χ0) is 10.7. The summed E-state index contributed by atoms with van der Waals surface area (Å²) in [7, 11) is 0. The van der Waals surface area contributed by atoms with Gasteiger partial charge in [-0.25, -0.2) is 9.97 Å². The molecule has 0 aromatic carbocycles. The van der Waals surface area contributed by atoms with Crippen LogP contribution in [0.1, 0.15) is 25.6 Å². The molecule has 0 radical (unpaired) electrons. The Morgan fingerprint density at radius 3 is 3.20 bits per heavy atom. The second kappa shape index (κ2) is 4.26. The van der Waals surface area contributed by atoms with Gasteiger partial charge in [0.15, 0.2) is 0 Å². The Labute approximate surface area is 89.6 Å². The highest BCUT2D eigenvalue weighted by Crippen LogP contribution is 2.20. The maximum absolute atomic E-state index is 8.72. The molecule has 1 aliphatic heterocycles. The van der Waals surface area contributed by atoms with Crippen LogP contribution in [0, 0.1) is 17.2 Å². The summed E-state index contributed by atoms with van der Waals surface area (Å²) in [6.45, 7) is 4.31. The molecule has 0 spiro atoms. The van der Waals surface area contributed by atoms with Gasteiger partial charge in [0.1, 0.15) is 11.9 Å². The molecule has 1 fully saturated rings. The van der Waals surface area contributed by atoms with Crippen molar-refractivity contribution in [1.82, 2.24) is 9.97 Å². The standard InChI is InChI=1S/C11H14N4/c1-9-3-2-6-15(8-9)11-4-5-13-10(7-12)14-11/h4-5,9H,2-3,6,8H2,1H3. The molecular weight excluding hydrogens is 188 g/mol. The van der Waals surface area contributed by atoms with Gasteiger partial charge in [0.2, 0.25) is 5.82 Å². The molecular formula is C11H14N4. The van der Waals surface area contributed by atoms with E-state index in [-0.39, 0.29) is 5.82 Å². The van der Waals surface area contributed by atoms with Gasteiger partial charge in [-0.1, -0.05) is 6.92 Å². The predicted molar refractivity (Wildman–Crippen MR) is 57.4 cm³/mol. The summed E-state index contributed by atoms with van der Waals surface area (Å²) in [4.78, 5) is 10.3. The molecule has 4 heteroatoms. The van der Waals surface area contributed by atoms with E-state index in [1.165, 1.54) is 12.8 Å². The molecule has 1 aliphatic rings. The van der Waals surface area contributed by atoms with E-state index in [1.807, 2.05) is 12.1 Å². The van der Waals surface area contributed by atoms with Crippen LogP contribution in [0.5, 0.6) is 0 Å².